The van der Waals surface area contributed by atoms with Crippen LogP contribution >= 0.6 is 0 Å². The van der Waals surface area contributed by atoms with E-state index in [9.17, 15) is 9.59 Å². The van der Waals surface area contributed by atoms with Crippen LogP contribution in [0.4, 0.5) is 0 Å². The smallest absolute Gasteiger partial charge is 0.347 e. The highest BCUT2D eigenvalue weighted by Crippen LogP contribution is 2.40. The predicted octanol–water partition coefficient (Wildman–Crippen LogP) is 6.01. The predicted molar refractivity (Wildman–Crippen MR) is 131 cm³/mol. The minimum atomic E-state index is -0.538. The average Bonchev–Trinajstić information content (AvgIpc) is 2.79. The van der Waals surface area contributed by atoms with Gasteiger partial charge in [-0.3, -0.25) is 4.79 Å². The number of nitrogens with zero attached hydrogens (tertiary/aromatic N) is 1. The summed E-state index contributed by atoms with van der Waals surface area (Å²) in [4.78, 5) is 26.8. The maximum Gasteiger partial charge on any atom is 0.347 e. The van der Waals surface area contributed by atoms with Crippen LogP contribution in [0.3, 0.4) is 0 Å². The van der Waals surface area contributed by atoms with Gasteiger partial charge in [0, 0.05) is 13.5 Å². The molecule has 0 saturated carbocycles. The monoisotopic (exact) mass is 451 g/mol. The zero-order valence-electron chi connectivity index (χ0n) is 20.4. The minimum Gasteiger partial charge on any atom is -0.426 e. The lowest BCUT2D eigenvalue weighted by atomic mass is 9.68. The number of esters is 2. The van der Waals surface area contributed by atoms with Crippen LogP contribution in [0.25, 0.3) is 0 Å². The number of hydrogen-bond donors (Lipinski definition) is 0. The highest BCUT2D eigenvalue weighted by Gasteiger charge is 2.38. The van der Waals surface area contributed by atoms with E-state index in [1.165, 1.54) is 44.7 Å². The zero-order valence-corrected chi connectivity index (χ0v) is 20.4. The standard InChI is InChI=1S/C28H37NO4/c1-5-6-7-10-17-29-18-16-28(4,21(2)20-29)23-12-11-13-24(19-23)33-27(31)25-14-8-9-15-26(25)32-22(3)30/h8-9,11-15,19,21H,5-7,10,16-18,20H2,1-4H3/t21-,28-/m0/s1. The molecule has 2 aromatic carbocycles. The first-order chi connectivity index (χ1) is 15.8. The number of likely N-dealkylation sites (tertiary alicyclic amines) is 1. The Hall–Kier alpha value is -2.66. The van der Waals surface area contributed by atoms with Crippen LogP contribution in [0.2, 0.25) is 0 Å². The summed E-state index contributed by atoms with van der Waals surface area (Å²) in [5.74, 6) is 0.191. The molecule has 3 rings (SSSR count). The molecule has 2 aromatic rings. The van der Waals surface area contributed by atoms with Crippen molar-refractivity contribution in [3.05, 3.63) is 59.7 Å². The molecule has 0 N–H and O–H groups in total. The number of rotatable bonds is 9. The summed E-state index contributed by atoms with van der Waals surface area (Å²) in [6, 6.07) is 14.5. The number of carbonyl (C=O) groups is 2. The Morgan fingerprint density at radius 1 is 1.06 bits per heavy atom. The molecule has 1 heterocycles. The van der Waals surface area contributed by atoms with E-state index >= 15 is 0 Å². The van der Waals surface area contributed by atoms with Gasteiger partial charge in [0.25, 0.3) is 0 Å². The maximum atomic E-state index is 12.8. The van der Waals surface area contributed by atoms with Crippen LogP contribution in [0.1, 0.15) is 75.7 Å². The normalized spacial score (nSPS) is 20.9. The molecule has 0 bridgehead atoms. The Kier molecular flexibility index (Phi) is 8.67. The average molecular weight is 452 g/mol. The molecule has 33 heavy (non-hydrogen) atoms. The number of hydrogen-bond acceptors (Lipinski definition) is 5. The third-order valence-corrected chi connectivity index (χ3v) is 6.96. The minimum absolute atomic E-state index is 0.0258. The van der Waals surface area contributed by atoms with Gasteiger partial charge in [0.15, 0.2) is 0 Å². The van der Waals surface area contributed by atoms with Crippen molar-refractivity contribution in [2.24, 2.45) is 5.92 Å². The quantitative estimate of drug-likeness (QED) is 0.265. The van der Waals surface area contributed by atoms with Gasteiger partial charge < -0.3 is 14.4 Å². The second-order valence-electron chi connectivity index (χ2n) is 9.44. The summed E-state index contributed by atoms with van der Waals surface area (Å²) in [5.41, 5.74) is 1.45. The summed E-state index contributed by atoms with van der Waals surface area (Å²) in [6.45, 7) is 11.6. The van der Waals surface area contributed by atoms with Crippen molar-refractivity contribution in [2.75, 3.05) is 19.6 Å². The summed E-state index contributed by atoms with van der Waals surface area (Å²) in [6.07, 6.45) is 6.25. The third-order valence-electron chi connectivity index (χ3n) is 6.96. The van der Waals surface area contributed by atoms with Gasteiger partial charge in [0.1, 0.15) is 17.1 Å². The van der Waals surface area contributed by atoms with Crippen LogP contribution < -0.4 is 9.47 Å². The molecule has 178 valence electrons. The second-order valence-corrected chi connectivity index (χ2v) is 9.44. The summed E-state index contributed by atoms with van der Waals surface area (Å²) in [7, 11) is 0. The molecular weight excluding hydrogens is 414 g/mol. The second kappa shape index (κ2) is 11.5. The van der Waals surface area contributed by atoms with E-state index in [4.69, 9.17) is 9.47 Å². The Morgan fingerprint density at radius 3 is 2.58 bits per heavy atom. The van der Waals surface area contributed by atoms with Crippen molar-refractivity contribution in [1.29, 1.82) is 0 Å². The van der Waals surface area contributed by atoms with Gasteiger partial charge >= 0.3 is 11.9 Å². The topological polar surface area (TPSA) is 55.8 Å². The lowest BCUT2D eigenvalue weighted by Gasteiger charge is -2.45. The first-order valence-corrected chi connectivity index (χ1v) is 12.2. The van der Waals surface area contributed by atoms with Crippen molar-refractivity contribution in [1.82, 2.24) is 4.90 Å². The zero-order chi connectivity index (χ0) is 23.8. The first kappa shape index (κ1) is 25.0. The molecule has 5 heteroatoms. The van der Waals surface area contributed by atoms with E-state index in [0.717, 1.165) is 19.5 Å². The number of benzene rings is 2. The van der Waals surface area contributed by atoms with Gasteiger partial charge in [-0.1, -0.05) is 64.3 Å². The molecule has 0 unspecified atom stereocenters. The SMILES string of the molecule is CCCCCCN1CC[C@](C)(c2cccc(OC(=O)c3ccccc3OC(C)=O)c2)[C@@H](C)C1. The van der Waals surface area contributed by atoms with Crippen LogP contribution in [0.5, 0.6) is 11.5 Å². The fourth-order valence-corrected chi connectivity index (χ4v) is 4.67. The molecular formula is C28H37NO4. The van der Waals surface area contributed by atoms with Crippen molar-refractivity contribution in [2.45, 2.75) is 65.2 Å². The highest BCUT2D eigenvalue weighted by atomic mass is 16.5. The van der Waals surface area contributed by atoms with E-state index in [1.807, 2.05) is 12.1 Å². The summed E-state index contributed by atoms with van der Waals surface area (Å²) in [5, 5.41) is 0. The molecule has 1 aliphatic rings. The van der Waals surface area contributed by atoms with Crippen molar-refractivity contribution < 1.29 is 19.1 Å². The molecule has 0 spiro atoms. The number of piperidine rings is 1. The van der Waals surface area contributed by atoms with Gasteiger partial charge in [0.2, 0.25) is 0 Å². The van der Waals surface area contributed by atoms with Crippen LogP contribution in [0, 0.1) is 5.92 Å². The van der Waals surface area contributed by atoms with E-state index in [0.29, 0.717) is 11.7 Å². The lowest BCUT2D eigenvalue weighted by Crippen LogP contribution is -2.47. The fraction of sp³-hybridized carbons (Fsp3) is 0.500. The lowest BCUT2D eigenvalue weighted by molar-refractivity contribution is -0.131. The van der Waals surface area contributed by atoms with Gasteiger partial charge in [-0.2, -0.15) is 0 Å². The summed E-state index contributed by atoms with van der Waals surface area (Å²) >= 11 is 0. The Morgan fingerprint density at radius 2 is 1.85 bits per heavy atom. The molecule has 2 atom stereocenters. The van der Waals surface area contributed by atoms with E-state index in [-0.39, 0.29) is 16.7 Å². The van der Waals surface area contributed by atoms with E-state index in [2.05, 4.69) is 31.7 Å². The highest BCUT2D eigenvalue weighted by molar-refractivity contribution is 5.94. The van der Waals surface area contributed by atoms with Gasteiger partial charge in [-0.25, -0.2) is 4.79 Å². The Labute approximate surface area is 198 Å². The first-order valence-electron chi connectivity index (χ1n) is 12.2. The van der Waals surface area contributed by atoms with Crippen LogP contribution in [-0.4, -0.2) is 36.5 Å². The number of para-hydroxylation sites is 1. The maximum absolute atomic E-state index is 12.8. The molecule has 0 aromatic heterocycles. The fourth-order valence-electron chi connectivity index (χ4n) is 4.67. The number of ether oxygens (including phenoxy) is 2. The van der Waals surface area contributed by atoms with Crippen molar-refractivity contribution >= 4 is 11.9 Å². The van der Waals surface area contributed by atoms with Crippen LogP contribution in [0.15, 0.2) is 48.5 Å². The van der Waals surface area contributed by atoms with E-state index in [1.54, 1.807) is 30.3 Å². The molecule has 5 nitrogen and oxygen atoms in total. The molecule has 0 radical (unpaired) electrons. The number of unbranched alkanes of at least 4 members (excludes halogenated alkanes) is 3. The largest absolute Gasteiger partial charge is 0.426 e. The van der Waals surface area contributed by atoms with Gasteiger partial charge in [-0.15, -0.1) is 0 Å². The molecule has 1 saturated heterocycles. The van der Waals surface area contributed by atoms with Gasteiger partial charge in [0.05, 0.1) is 0 Å². The Balaban J connectivity index is 1.69. The molecule has 1 fully saturated rings. The Bertz CT molecular complexity index is 956. The van der Waals surface area contributed by atoms with Crippen molar-refractivity contribution in [3.63, 3.8) is 0 Å². The molecule has 0 aliphatic carbocycles. The molecule has 1 aliphatic heterocycles. The van der Waals surface area contributed by atoms with E-state index < -0.39 is 11.9 Å². The molecule has 0 amide bonds. The van der Waals surface area contributed by atoms with Crippen molar-refractivity contribution in [3.8, 4) is 11.5 Å². The third kappa shape index (κ3) is 6.44. The van der Waals surface area contributed by atoms with Gasteiger partial charge in [-0.05, 0) is 67.1 Å². The summed E-state index contributed by atoms with van der Waals surface area (Å²) < 4.78 is 10.9. The van der Waals surface area contributed by atoms with Crippen LogP contribution in [-0.2, 0) is 10.2 Å². The number of carbonyl (C=O) groups excluding carboxylic acids is 2.